The first-order valence-corrected chi connectivity index (χ1v) is 8.88. The van der Waals surface area contributed by atoms with E-state index in [4.69, 9.17) is 0 Å². The van der Waals surface area contributed by atoms with Crippen LogP contribution in [0.4, 0.5) is 0 Å². The molecule has 2 atom stereocenters. The van der Waals surface area contributed by atoms with Crippen LogP contribution in [0, 0.1) is 5.92 Å². The number of amides is 1. The highest BCUT2D eigenvalue weighted by molar-refractivity contribution is 5.82. The fourth-order valence-corrected chi connectivity index (χ4v) is 3.53. The molecule has 1 amide bonds. The number of aliphatic hydroxyl groups excluding tert-OH is 2. The molecule has 0 saturated heterocycles. The normalized spacial score (nSPS) is 21.7. The van der Waals surface area contributed by atoms with Crippen molar-refractivity contribution in [1.29, 1.82) is 0 Å². The average Bonchev–Trinajstić information content (AvgIpc) is 3.43. The van der Waals surface area contributed by atoms with Crippen molar-refractivity contribution in [2.45, 2.75) is 63.2 Å². The molecule has 3 rings (SSSR count). The topological polar surface area (TPSA) is 60.8 Å². The van der Waals surface area contributed by atoms with Gasteiger partial charge in [-0.2, -0.15) is 0 Å². The minimum atomic E-state index is -1.38. The van der Waals surface area contributed by atoms with E-state index in [0.717, 1.165) is 32.2 Å². The Morgan fingerprint density at radius 2 is 1.70 bits per heavy atom. The van der Waals surface area contributed by atoms with Gasteiger partial charge in [-0.05, 0) is 37.2 Å². The molecule has 2 aliphatic rings. The molecule has 2 aliphatic carbocycles. The molecular formula is C19H27NO3. The van der Waals surface area contributed by atoms with Crippen molar-refractivity contribution in [1.82, 2.24) is 4.90 Å². The summed E-state index contributed by atoms with van der Waals surface area (Å²) < 4.78 is 0. The van der Waals surface area contributed by atoms with E-state index in [2.05, 4.69) is 0 Å². The number of hydrogen-bond acceptors (Lipinski definition) is 3. The SMILES string of the molecule is O=C(C(O)[C@H](O)c1ccccc1)N(CC1CC1)C1CCCCC1. The van der Waals surface area contributed by atoms with Gasteiger partial charge in [-0.15, -0.1) is 0 Å². The fraction of sp³-hybridized carbons (Fsp3) is 0.632. The number of rotatable bonds is 6. The lowest BCUT2D eigenvalue weighted by molar-refractivity contribution is -0.150. The molecule has 0 spiro atoms. The Morgan fingerprint density at radius 1 is 1.04 bits per heavy atom. The molecule has 0 bridgehead atoms. The number of hydrogen-bond donors (Lipinski definition) is 2. The van der Waals surface area contributed by atoms with Gasteiger partial charge in [0, 0.05) is 12.6 Å². The zero-order chi connectivity index (χ0) is 16.2. The van der Waals surface area contributed by atoms with Gasteiger partial charge in [0.2, 0.25) is 0 Å². The van der Waals surface area contributed by atoms with Crippen molar-refractivity contribution in [3.63, 3.8) is 0 Å². The predicted octanol–water partition coefficient (Wildman–Crippen LogP) is 2.65. The van der Waals surface area contributed by atoms with E-state index in [1.165, 1.54) is 19.3 Å². The van der Waals surface area contributed by atoms with E-state index in [0.29, 0.717) is 11.5 Å². The quantitative estimate of drug-likeness (QED) is 0.848. The van der Waals surface area contributed by atoms with Crippen molar-refractivity contribution < 1.29 is 15.0 Å². The Balaban J connectivity index is 1.70. The molecular weight excluding hydrogens is 290 g/mol. The monoisotopic (exact) mass is 317 g/mol. The van der Waals surface area contributed by atoms with E-state index < -0.39 is 12.2 Å². The number of carbonyl (C=O) groups is 1. The lowest BCUT2D eigenvalue weighted by Gasteiger charge is -2.36. The predicted molar refractivity (Wildman–Crippen MR) is 88.7 cm³/mol. The summed E-state index contributed by atoms with van der Waals surface area (Å²) in [5.41, 5.74) is 0.586. The Morgan fingerprint density at radius 3 is 2.30 bits per heavy atom. The van der Waals surface area contributed by atoms with Crippen LogP contribution in [0.25, 0.3) is 0 Å². The molecule has 4 heteroatoms. The summed E-state index contributed by atoms with van der Waals surface area (Å²) in [6.07, 6.45) is 5.39. The molecule has 0 heterocycles. The van der Waals surface area contributed by atoms with E-state index in [9.17, 15) is 15.0 Å². The largest absolute Gasteiger partial charge is 0.385 e. The van der Waals surface area contributed by atoms with Crippen LogP contribution in [0.2, 0.25) is 0 Å². The summed E-state index contributed by atoms with van der Waals surface area (Å²) in [4.78, 5) is 14.7. The molecule has 0 aliphatic heterocycles. The van der Waals surface area contributed by atoms with Gasteiger partial charge in [-0.25, -0.2) is 0 Å². The molecule has 0 aromatic heterocycles. The summed E-state index contributed by atoms with van der Waals surface area (Å²) in [6, 6.07) is 9.18. The van der Waals surface area contributed by atoms with Crippen LogP contribution in [0.3, 0.4) is 0 Å². The highest BCUT2D eigenvalue weighted by Crippen LogP contribution is 2.33. The number of carbonyl (C=O) groups excluding carboxylic acids is 1. The van der Waals surface area contributed by atoms with Crippen molar-refractivity contribution in [3.05, 3.63) is 35.9 Å². The summed E-state index contributed by atoms with van der Waals surface area (Å²) in [7, 11) is 0. The number of benzene rings is 1. The zero-order valence-corrected chi connectivity index (χ0v) is 13.6. The molecule has 1 unspecified atom stereocenters. The number of aliphatic hydroxyl groups is 2. The van der Waals surface area contributed by atoms with Gasteiger partial charge >= 0.3 is 0 Å². The summed E-state index contributed by atoms with van der Waals surface area (Å²) in [6.45, 7) is 0.738. The van der Waals surface area contributed by atoms with Crippen LogP contribution in [0.15, 0.2) is 30.3 Å². The van der Waals surface area contributed by atoms with E-state index >= 15 is 0 Å². The summed E-state index contributed by atoms with van der Waals surface area (Å²) >= 11 is 0. The fourth-order valence-electron chi connectivity index (χ4n) is 3.53. The third-order valence-electron chi connectivity index (χ3n) is 5.14. The molecule has 2 saturated carbocycles. The molecule has 0 radical (unpaired) electrons. The second kappa shape index (κ2) is 7.45. The Labute approximate surface area is 138 Å². The van der Waals surface area contributed by atoms with Gasteiger partial charge in [0.05, 0.1) is 0 Å². The lowest BCUT2D eigenvalue weighted by atomic mass is 9.93. The van der Waals surface area contributed by atoms with Crippen molar-refractivity contribution in [2.75, 3.05) is 6.54 Å². The van der Waals surface area contributed by atoms with Gasteiger partial charge in [-0.3, -0.25) is 4.79 Å². The lowest BCUT2D eigenvalue weighted by Crippen LogP contribution is -2.49. The van der Waals surface area contributed by atoms with E-state index in [1.807, 2.05) is 11.0 Å². The van der Waals surface area contributed by atoms with E-state index in [1.54, 1.807) is 24.3 Å². The third kappa shape index (κ3) is 4.12. The van der Waals surface area contributed by atoms with Crippen molar-refractivity contribution in [3.8, 4) is 0 Å². The first-order chi connectivity index (χ1) is 11.2. The van der Waals surface area contributed by atoms with Crippen LogP contribution in [-0.4, -0.2) is 39.7 Å². The second-order valence-electron chi connectivity index (χ2n) is 7.03. The minimum absolute atomic E-state index is 0.231. The molecule has 1 aromatic carbocycles. The van der Waals surface area contributed by atoms with Crippen LogP contribution in [-0.2, 0) is 4.79 Å². The average molecular weight is 317 g/mol. The van der Waals surface area contributed by atoms with Crippen LogP contribution in [0.5, 0.6) is 0 Å². The standard InChI is InChI=1S/C19H27NO3/c21-17(15-7-3-1-4-8-15)18(22)19(23)20(13-14-11-12-14)16-9-5-2-6-10-16/h1,3-4,7-8,14,16-18,21-22H,2,5-6,9-13H2/t17-,18?/m1/s1. The Hall–Kier alpha value is -1.39. The molecule has 4 nitrogen and oxygen atoms in total. The maximum atomic E-state index is 12.8. The van der Waals surface area contributed by atoms with Gasteiger partial charge in [0.15, 0.2) is 6.10 Å². The third-order valence-corrected chi connectivity index (χ3v) is 5.14. The van der Waals surface area contributed by atoms with Crippen LogP contribution < -0.4 is 0 Å². The number of nitrogens with zero attached hydrogens (tertiary/aromatic N) is 1. The maximum absolute atomic E-state index is 12.8. The highest BCUT2D eigenvalue weighted by Gasteiger charge is 2.36. The molecule has 2 fully saturated rings. The zero-order valence-electron chi connectivity index (χ0n) is 13.6. The van der Waals surface area contributed by atoms with E-state index in [-0.39, 0.29) is 11.9 Å². The highest BCUT2D eigenvalue weighted by atomic mass is 16.3. The van der Waals surface area contributed by atoms with Gasteiger partial charge in [0.1, 0.15) is 6.10 Å². The van der Waals surface area contributed by atoms with Gasteiger partial charge < -0.3 is 15.1 Å². The van der Waals surface area contributed by atoms with Gasteiger partial charge in [0.25, 0.3) is 5.91 Å². The minimum Gasteiger partial charge on any atom is -0.385 e. The first kappa shape index (κ1) is 16.5. The van der Waals surface area contributed by atoms with Crippen LogP contribution in [0.1, 0.15) is 56.6 Å². The van der Waals surface area contributed by atoms with Crippen LogP contribution >= 0.6 is 0 Å². The van der Waals surface area contributed by atoms with Crippen molar-refractivity contribution >= 4 is 5.91 Å². The molecule has 1 aromatic rings. The second-order valence-corrected chi connectivity index (χ2v) is 7.03. The molecule has 23 heavy (non-hydrogen) atoms. The van der Waals surface area contributed by atoms with Gasteiger partial charge in [-0.1, -0.05) is 49.6 Å². The smallest absolute Gasteiger partial charge is 0.254 e. The molecule has 2 N–H and O–H groups in total. The Kier molecular flexibility index (Phi) is 5.34. The Bertz CT molecular complexity index is 509. The first-order valence-electron chi connectivity index (χ1n) is 8.88. The molecule has 126 valence electrons. The summed E-state index contributed by atoms with van der Waals surface area (Å²) in [5.74, 6) is 0.280. The maximum Gasteiger partial charge on any atom is 0.254 e. The summed E-state index contributed by atoms with van der Waals surface area (Å²) in [5, 5.41) is 20.8. The van der Waals surface area contributed by atoms with Crippen molar-refractivity contribution in [2.24, 2.45) is 5.92 Å².